The summed E-state index contributed by atoms with van der Waals surface area (Å²) in [5.74, 6) is -0.493. The predicted octanol–water partition coefficient (Wildman–Crippen LogP) is 3.05. The Morgan fingerprint density at radius 3 is 2.61 bits per heavy atom. The second-order valence-electron chi connectivity index (χ2n) is 6.30. The molecule has 0 unspecified atom stereocenters. The molecule has 1 fully saturated rings. The van der Waals surface area contributed by atoms with Crippen molar-refractivity contribution in [2.24, 2.45) is 4.99 Å². The summed E-state index contributed by atoms with van der Waals surface area (Å²) >= 11 is 0. The Morgan fingerprint density at radius 1 is 1.21 bits per heavy atom. The molecule has 0 aliphatic carbocycles. The summed E-state index contributed by atoms with van der Waals surface area (Å²) < 4.78 is 42.6. The zero-order valence-electron chi connectivity index (χ0n) is 16.5. The van der Waals surface area contributed by atoms with E-state index in [0.29, 0.717) is 6.54 Å². The summed E-state index contributed by atoms with van der Waals surface area (Å²) in [6.45, 7) is 3.89. The molecule has 28 heavy (non-hydrogen) atoms. The van der Waals surface area contributed by atoms with Gasteiger partial charge in [0.2, 0.25) is 0 Å². The summed E-state index contributed by atoms with van der Waals surface area (Å²) in [4.78, 5) is 6.47. The van der Waals surface area contributed by atoms with Crippen molar-refractivity contribution < 1.29 is 23.0 Å². The van der Waals surface area contributed by atoms with Gasteiger partial charge < -0.3 is 24.4 Å². The van der Waals surface area contributed by atoms with Gasteiger partial charge in [-0.2, -0.15) is 0 Å². The molecule has 1 heterocycles. The van der Waals surface area contributed by atoms with Crippen LogP contribution in [0.3, 0.4) is 0 Å². The number of ether oxygens (including phenoxy) is 3. The fourth-order valence-electron chi connectivity index (χ4n) is 2.94. The minimum absolute atomic E-state index is 0. The molecule has 0 bridgehead atoms. The zero-order valence-corrected chi connectivity index (χ0v) is 18.8. The molecule has 0 radical (unpaired) electrons. The van der Waals surface area contributed by atoms with Gasteiger partial charge in [-0.3, -0.25) is 4.99 Å². The van der Waals surface area contributed by atoms with E-state index in [1.807, 2.05) is 0 Å². The zero-order chi connectivity index (χ0) is 19.5. The van der Waals surface area contributed by atoms with E-state index >= 15 is 0 Å². The van der Waals surface area contributed by atoms with Crippen molar-refractivity contribution in [1.29, 1.82) is 0 Å². The maximum atomic E-state index is 13.5. The lowest BCUT2D eigenvalue weighted by Gasteiger charge is -2.34. The first kappa shape index (κ1) is 24.8. The van der Waals surface area contributed by atoms with Crippen molar-refractivity contribution in [2.45, 2.75) is 25.4 Å². The van der Waals surface area contributed by atoms with Gasteiger partial charge in [0.05, 0.1) is 12.6 Å². The van der Waals surface area contributed by atoms with Gasteiger partial charge in [-0.1, -0.05) is 0 Å². The lowest BCUT2D eigenvalue weighted by Crippen LogP contribution is -2.47. The van der Waals surface area contributed by atoms with Crippen molar-refractivity contribution >= 4 is 29.9 Å². The van der Waals surface area contributed by atoms with Crippen LogP contribution in [0.15, 0.2) is 23.2 Å². The van der Waals surface area contributed by atoms with E-state index in [4.69, 9.17) is 14.2 Å². The third-order valence-corrected chi connectivity index (χ3v) is 4.34. The fraction of sp³-hybridized carbons (Fsp3) is 0.632. The fourth-order valence-corrected chi connectivity index (χ4v) is 2.94. The first-order valence-corrected chi connectivity index (χ1v) is 9.28. The van der Waals surface area contributed by atoms with E-state index in [1.54, 1.807) is 14.2 Å². The molecule has 9 heteroatoms. The number of rotatable bonds is 9. The smallest absolute Gasteiger partial charge is 0.193 e. The van der Waals surface area contributed by atoms with Crippen LogP contribution in [0.1, 0.15) is 19.3 Å². The van der Waals surface area contributed by atoms with Crippen molar-refractivity contribution in [2.75, 3.05) is 53.6 Å². The summed E-state index contributed by atoms with van der Waals surface area (Å²) in [5, 5.41) is 3.21. The number of likely N-dealkylation sites (tertiary alicyclic amines) is 1. The van der Waals surface area contributed by atoms with E-state index < -0.39 is 11.6 Å². The minimum Gasteiger partial charge on any atom is -0.489 e. The lowest BCUT2D eigenvalue weighted by atomic mass is 10.1. The van der Waals surface area contributed by atoms with Crippen molar-refractivity contribution in [1.82, 2.24) is 10.2 Å². The van der Waals surface area contributed by atoms with Crippen LogP contribution < -0.4 is 10.1 Å². The van der Waals surface area contributed by atoms with Crippen LogP contribution in [0, 0.1) is 11.6 Å². The maximum Gasteiger partial charge on any atom is 0.193 e. The van der Waals surface area contributed by atoms with Crippen molar-refractivity contribution in [3.63, 3.8) is 0 Å². The highest BCUT2D eigenvalue weighted by Gasteiger charge is 2.21. The Kier molecular flexibility index (Phi) is 12.3. The number of halogens is 3. The molecule has 2 rings (SSSR count). The molecular formula is C19H30F2IN3O3. The van der Waals surface area contributed by atoms with Crippen LogP contribution in [-0.2, 0) is 9.47 Å². The van der Waals surface area contributed by atoms with Crippen LogP contribution in [0.2, 0.25) is 0 Å². The van der Waals surface area contributed by atoms with Gasteiger partial charge in [0, 0.05) is 46.5 Å². The Bertz CT molecular complexity index is 600. The largest absolute Gasteiger partial charge is 0.489 e. The average molecular weight is 513 g/mol. The van der Waals surface area contributed by atoms with Gasteiger partial charge in [-0.15, -0.1) is 24.0 Å². The number of benzene rings is 1. The topological polar surface area (TPSA) is 55.3 Å². The molecule has 0 amide bonds. The first-order chi connectivity index (χ1) is 13.1. The Labute approximate surface area is 182 Å². The monoisotopic (exact) mass is 513 g/mol. The molecule has 1 aliphatic heterocycles. The highest BCUT2D eigenvalue weighted by Crippen LogP contribution is 2.17. The van der Waals surface area contributed by atoms with Crippen LogP contribution >= 0.6 is 24.0 Å². The van der Waals surface area contributed by atoms with Crippen LogP contribution in [-0.4, -0.2) is 70.6 Å². The van der Waals surface area contributed by atoms with Crippen LogP contribution in [0.4, 0.5) is 8.78 Å². The molecule has 0 aromatic heterocycles. The second kappa shape index (κ2) is 13.9. The number of hydrogen-bond acceptors (Lipinski definition) is 4. The van der Waals surface area contributed by atoms with Gasteiger partial charge in [-0.05, 0) is 31.4 Å². The highest BCUT2D eigenvalue weighted by molar-refractivity contribution is 14.0. The highest BCUT2D eigenvalue weighted by atomic mass is 127. The molecule has 0 saturated carbocycles. The summed E-state index contributed by atoms with van der Waals surface area (Å²) in [6, 6.07) is 3.27. The molecule has 1 aliphatic rings. The van der Waals surface area contributed by atoms with Gasteiger partial charge in [0.1, 0.15) is 12.4 Å². The first-order valence-electron chi connectivity index (χ1n) is 9.28. The van der Waals surface area contributed by atoms with Crippen molar-refractivity contribution in [3.05, 3.63) is 29.8 Å². The average Bonchev–Trinajstić information content (AvgIpc) is 2.67. The second-order valence-corrected chi connectivity index (χ2v) is 6.30. The molecule has 0 atom stereocenters. The lowest BCUT2D eigenvalue weighted by molar-refractivity contribution is 0.00989. The number of guanidine groups is 1. The maximum absolute atomic E-state index is 13.5. The molecule has 160 valence electrons. The molecule has 0 spiro atoms. The standard InChI is InChI=1S/C19H29F2N3O3.HI/c1-22-19(23-8-13-27-18-5-4-15(20)14-17(18)21)24-9-6-16(7-10-24)26-12-3-11-25-2;/h4-5,14,16H,3,6-13H2,1-2H3,(H,22,23);1H. The Hall–Kier alpha value is -1.20. The number of nitrogens with one attached hydrogen (secondary N) is 1. The van der Waals surface area contributed by atoms with E-state index in [0.717, 1.165) is 57.6 Å². The molecule has 1 aromatic carbocycles. The van der Waals surface area contributed by atoms with Gasteiger partial charge in [0.25, 0.3) is 0 Å². The normalized spacial score (nSPS) is 15.3. The van der Waals surface area contributed by atoms with E-state index in [1.165, 1.54) is 12.1 Å². The molecule has 6 nitrogen and oxygen atoms in total. The number of nitrogens with zero attached hydrogens (tertiary/aromatic N) is 2. The Morgan fingerprint density at radius 2 is 1.96 bits per heavy atom. The number of methoxy groups -OCH3 is 1. The van der Waals surface area contributed by atoms with Crippen molar-refractivity contribution in [3.8, 4) is 5.75 Å². The third-order valence-electron chi connectivity index (χ3n) is 4.34. The third kappa shape index (κ3) is 8.44. The quantitative estimate of drug-likeness (QED) is 0.238. The van der Waals surface area contributed by atoms with E-state index in [9.17, 15) is 8.78 Å². The predicted molar refractivity (Wildman–Crippen MR) is 116 cm³/mol. The van der Waals surface area contributed by atoms with Crippen LogP contribution in [0.5, 0.6) is 5.75 Å². The SMILES string of the molecule is CN=C(NCCOc1ccc(F)cc1F)N1CCC(OCCCOC)CC1.I. The molecule has 1 N–H and O–H groups in total. The van der Waals surface area contributed by atoms with Gasteiger partial charge in [0.15, 0.2) is 17.5 Å². The van der Waals surface area contributed by atoms with Gasteiger partial charge >= 0.3 is 0 Å². The van der Waals surface area contributed by atoms with E-state index in [-0.39, 0.29) is 42.4 Å². The summed E-state index contributed by atoms with van der Waals surface area (Å²) in [5.41, 5.74) is 0. The van der Waals surface area contributed by atoms with Gasteiger partial charge in [-0.25, -0.2) is 8.78 Å². The minimum atomic E-state index is -0.702. The molecule has 1 aromatic rings. The Balaban J connectivity index is 0.00000392. The number of piperidine rings is 1. The summed E-state index contributed by atoms with van der Waals surface area (Å²) in [7, 11) is 3.43. The number of hydrogen-bond donors (Lipinski definition) is 1. The molecule has 1 saturated heterocycles. The molecular weight excluding hydrogens is 483 g/mol. The summed E-state index contributed by atoms with van der Waals surface area (Å²) in [6.07, 6.45) is 3.09. The number of aliphatic imine (C=N–C) groups is 1. The van der Waals surface area contributed by atoms with Crippen LogP contribution in [0.25, 0.3) is 0 Å². The van der Waals surface area contributed by atoms with E-state index in [2.05, 4.69) is 15.2 Å².